The van der Waals surface area contributed by atoms with Gasteiger partial charge in [-0.1, -0.05) is 103 Å². The summed E-state index contributed by atoms with van der Waals surface area (Å²) in [5.74, 6) is 0. The number of hydrazine groups is 1. The van der Waals surface area contributed by atoms with E-state index in [1.807, 2.05) is 20.8 Å². The number of rotatable bonds is 5. The molecule has 0 aliphatic carbocycles. The summed E-state index contributed by atoms with van der Waals surface area (Å²) in [6.07, 6.45) is -1.44. The van der Waals surface area contributed by atoms with Gasteiger partial charge in [0.1, 0.15) is 13.2 Å². The SMILES string of the molecule is C=C(CN(NC(=O)OCC(Cl)(Cl)Cl)C(=O)OCC(Cl)(Cl)Cl)CC(C)(C)C. The maximum absolute atomic E-state index is 12.2. The van der Waals surface area contributed by atoms with E-state index in [4.69, 9.17) is 79.1 Å². The zero-order chi connectivity index (χ0) is 20.8. The van der Waals surface area contributed by atoms with Crippen LogP contribution in [0, 0.1) is 5.41 Å². The second-order valence-electron chi connectivity index (χ2n) is 6.55. The van der Waals surface area contributed by atoms with E-state index >= 15 is 0 Å². The number of alkyl halides is 6. The van der Waals surface area contributed by atoms with E-state index < -0.39 is 33.0 Å². The number of hydrogen-bond acceptors (Lipinski definition) is 4. The van der Waals surface area contributed by atoms with Gasteiger partial charge in [0.2, 0.25) is 7.59 Å². The van der Waals surface area contributed by atoms with Crippen LogP contribution in [0.2, 0.25) is 0 Å². The van der Waals surface area contributed by atoms with Gasteiger partial charge in [-0.2, -0.15) is 0 Å². The third-order valence-corrected chi connectivity index (χ3v) is 2.99. The molecule has 0 fully saturated rings. The monoisotopic (exact) mass is 490 g/mol. The smallest absolute Gasteiger partial charge is 0.429 e. The number of ether oxygens (including phenoxy) is 2. The Morgan fingerprint density at radius 2 is 1.42 bits per heavy atom. The predicted molar refractivity (Wildman–Crippen MR) is 106 cm³/mol. The van der Waals surface area contributed by atoms with Gasteiger partial charge >= 0.3 is 12.2 Å². The van der Waals surface area contributed by atoms with E-state index in [2.05, 4.69) is 12.0 Å². The van der Waals surface area contributed by atoms with Crippen LogP contribution in [0.4, 0.5) is 9.59 Å². The van der Waals surface area contributed by atoms with E-state index in [1.54, 1.807) is 0 Å². The second kappa shape index (κ2) is 10.5. The van der Waals surface area contributed by atoms with Crippen molar-refractivity contribution in [2.45, 2.75) is 34.8 Å². The van der Waals surface area contributed by atoms with Crippen molar-refractivity contribution in [2.75, 3.05) is 19.8 Å². The first-order valence-electron chi connectivity index (χ1n) is 7.16. The Balaban J connectivity index is 4.95. The first-order chi connectivity index (χ1) is 11.5. The quantitative estimate of drug-likeness (QED) is 0.299. The van der Waals surface area contributed by atoms with Crippen molar-refractivity contribution in [2.24, 2.45) is 5.41 Å². The summed E-state index contributed by atoms with van der Waals surface area (Å²) in [6.45, 7) is 8.75. The van der Waals surface area contributed by atoms with Crippen molar-refractivity contribution in [1.82, 2.24) is 10.4 Å². The highest BCUT2D eigenvalue weighted by Gasteiger charge is 2.28. The lowest BCUT2D eigenvalue weighted by Crippen LogP contribution is -2.48. The summed E-state index contributed by atoms with van der Waals surface area (Å²) in [5.41, 5.74) is 2.73. The lowest BCUT2D eigenvalue weighted by Gasteiger charge is -2.27. The molecular formula is C14H20Cl6N2O4. The molecule has 0 aromatic heterocycles. The topological polar surface area (TPSA) is 67.9 Å². The molecule has 0 atom stereocenters. The lowest BCUT2D eigenvalue weighted by atomic mass is 9.88. The number of halogens is 6. The molecule has 6 nitrogen and oxygen atoms in total. The fourth-order valence-corrected chi connectivity index (χ4v) is 2.02. The van der Waals surface area contributed by atoms with Gasteiger partial charge in [-0.25, -0.2) is 20.0 Å². The summed E-state index contributed by atoms with van der Waals surface area (Å²) < 4.78 is 5.96. The molecule has 12 heteroatoms. The Morgan fingerprint density at radius 3 is 1.85 bits per heavy atom. The Bertz CT molecular complexity index is 511. The van der Waals surface area contributed by atoms with Gasteiger partial charge < -0.3 is 9.47 Å². The van der Waals surface area contributed by atoms with Crippen LogP contribution in [0.3, 0.4) is 0 Å². The molecule has 0 aromatic rings. The Morgan fingerprint density at radius 1 is 0.962 bits per heavy atom. The molecule has 0 aromatic carbocycles. The van der Waals surface area contributed by atoms with Crippen LogP contribution < -0.4 is 5.43 Å². The van der Waals surface area contributed by atoms with Crippen molar-refractivity contribution in [3.8, 4) is 0 Å². The molecule has 0 rings (SSSR count). The first-order valence-corrected chi connectivity index (χ1v) is 9.43. The maximum Gasteiger partial charge on any atom is 0.429 e. The molecule has 0 spiro atoms. The van der Waals surface area contributed by atoms with Crippen molar-refractivity contribution in [1.29, 1.82) is 0 Å². The molecule has 2 amide bonds. The number of nitrogens with one attached hydrogen (secondary N) is 1. The molecule has 0 saturated carbocycles. The normalized spacial score (nSPS) is 12.3. The minimum absolute atomic E-state index is 0.0567. The van der Waals surface area contributed by atoms with Crippen molar-refractivity contribution >= 4 is 81.8 Å². The molecule has 0 aliphatic rings. The van der Waals surface area contributed by atoms with Crippen LogP contribution in [-0.4, -0.2) is 44.5 Å². The number of hydrogen-bond donors (Lipinski definition) is 1. The molecule has 0 aliphatic heterocycles. The first kappa shape index (κ1) is 26.0. The van der Waals surface area contributed by atoms with E-state index in [9.17, 15) is 9.59 Å². The average Bonchev–Trinajstić information content (AvgIpc) is 2.38. The summed E-state index contributed by atoms with van der Waals surface area (Å²) in [5, 5.41) is 0.825. The van der Waals surface area contributed by atoms with Gasteiger partial charge in [-0.05, 0) is 11.8 Å². The second-order valence-corrected chi connectivity index (χ2v) is 11.6. The minimum Gasteiger partial charge on any atom is -0.444 e. The zero-order valence-corrected chi connectivity index (χ0v) is 18.9. The summed E-state index contributed by atoms with van der Waals surface area (Å²) in [4.78, 5) is 24.0. The third kappa shape index (κ3) is 15.1. The van der Waals surface area contributed by atoms with Crippen molar-refractivity contribution in [3.05, 3.63) is 12.2 Å². The van der Waals surface area contributed by atoms with Gasteiger partial charge in [0, 0.05) is 0 Å². The fourth-order valence-electron chi connectivity index (χ4n) is 1.69. The third-order valence-electron chi connectivity index (χ3n) is 2.33. The van der Waals surface area contributed by atoms with E-state index in [1.165, 1.54) is 0 Å². The van der Waals surface area contributed by atoms with E-state index in [0.717, 1.165) is 5.01 Å². The molecule has 0 unspecified atom stereocenters. The van der Waals surface area contributed by atoms with Crippen molar-refractivity contribution in [3.63, 3.8) is 0 Å². The van der Waals surface area contributed by atoms with Gasteiger partial charge in [-0.3, -0.25) is 0 Å². The highest BCUT2D eigenvalue weighted by atomic mass is 35.6. The molecule has 152 valence electrons. The molecule has 0 radical (unpaired) electrons. The lowest BCUT2D eigenvalue weighted by molar-refractivity contribution is 0.0746. The Hall–Kier alpha value is 0.0200. The molecule has 26 heavy (non-hydrogen) atoms. The summed E-state index contributed by atoms with van der Waals surface area (Å²) in [6, 6.07) is 0. The van der Waals surface area contributed by atoms with Crippen LogP contribution in [0.15, 0.2) is 12.2 Å². The zero-order valence-electron chi connectivity index (χ0n) is 14.4. The number of carbonyl (C=O) groups is 2. The number of amides is 2. The standard InChI is InChI=1S/C14H20Cl6N2O4/c1-9(5-12(2,3)4)6-22(11(24)26-8-14(18,19)20)21-10(23)25-7-13(15,16)17/h1,5-8H2,2-4H3,(H,21,23). The molecule has 1 N–H and O–H groups in total. The Labute approximate surface area is 182 Å². The molecular weight excluding hydrogens is 473 g/mol. The van der Waals surface area contributed by atoms with E-state index in [0.29, 0.717) is 12.0 Å². The van der Waals surface area contributed by atoms with Gasteiger partial charge in [0.15, 0.2) is 0 Å². The maximum atomic E-state index is 12.2. The predicted octanol–water partition coefficient (Wildman–Crippen LogP) is 5.80. The average molecular weight is 493 g/mol. The van der Waals surface area contributed by atoms with Gasteiger partial charge in [0.25, 0.3) is 0 Å². The van der Waals surface area contributed by atoms with Crippen LogP contribution >= 0.6 is 69.6 Å². The van der Waals surface area contributed by atoms with Crippen molar-refractivity contribution < 1.29 is 19.1 Å². The highest BCUT2D eigenvalue weighted by Crippen LogP contribution is 2.27. The van der Waals surface area contributed by atoms with Crippen LogP contribution in [0.25, 0.3) is 0 Å². The van der Waals surface area contributed by atoms with Gasteiger partial charge in [-0.15, -0.1) is 0 Å². The van der Waals surface area contributed by atoms with Crippen LogP contribution in [0.5, 0.6) is 0 Å². The molecule has 0 saturated heterocycles. The largest absolute Gasteiger partial charge is 0.444 e. The summed E-state index contributed by atoms with van der Waals surface area (Å²) >= 11 is 33.1. The Kier molecular flexibility index (Phi) is 10.5. The fraction of sp³-hybridized carbons (Fsp3) is 0.714. The summed E-state index contributed by atoms with van der Waals surface area (Å²) in [7, 11) is 0. The van der Waals surface area contributed by atoms with Crippen LogP contribution in [0.1, 0.15) is 27.2 Å². The number of carbonyl (C=O) groups excluding carboxylic acids is 2. The molecule has 0 heterocycles. The minimum atomic E-state index is -1.81. The van der Waals surface area contributed by atoms with Crippen LogP contribution in [-0.2, 0) is 9.47 Å². The number of nitrogens with zero attached hydrogens (tertiary/aromatic N) is 1. The van der Waals surface area contributed by atoms with Gasteiger partial charge in [0.05, 0.1) is 6.54 Å². The highest BCUT2D eigenvalue weighted by molar-refractivity contribution is 6.68. The van der Waals surface area contributed by atoms with E-state index in [-0.39, 0.29) is 12.0 Å². The molecule has 0 bridgehead atoms.